The number of rotatable bonds is 4. The van der Waals surface area contributed by atoms with Crippen LogP contribution in [0.4, 0.5) is 0 Å². The Morgan fingerprint density at radius 1 is 1.29 bits per heavy atom. The van der Waals surface area contributed by atoms with Crippen LogP contribution < -0.4 is 5.32 Å². The molecule has 2 aliphatic carbocycles. The summed E-state index contributed by atoms with van der Waals surface area (Å²) in [5.41, 5.74) is 5.82. The van der Waals surface area contributed by atoms with E-state index in [0.717, 1.165) is 17.8 Å². The minimum absolute atomic E-state index is 0.128. The molecule has 0 fully saturated rings. The van der Waals surface area contributed by atoms with E-state index in [0.29, 0.717) is 12.5 Å². The summed E-state index contributed by atoms with van der Waals surface area (Å²) in [6.07, 6.45) is 8.87. The van der Waals surface area contributed by atoms with Crippen molar-refractivity contribution in [2.45, 2.75) is 25.7 Å². The van der Waals surface area contributed by atoms with Crippen molar-refractivity contribution in [3.8, 4) is 0 Å². The van der Waals surface area contributed by atoms with E-state index in [1.54, 1.807) is 0 Å². The van der Waals surface area contributed by atoms with Gasteiger partial charge in [-0.3, -0.25) is 0 Å². The monoisotopic (exact) mass is 299 g/mol. The summed E-state index contributed by atoms with van der Waals surface area (Å²) in [6.45, 7) is 0.673. The van der Waals surface area contributed by atoms with E-state index in [1.807, 2.05) is 0 Å². The van der Waals surface area contributed by atoms with Gasteiger partial charge in [0, 0.05) is 13.0 Å². The van der Waals surface area contributed by atoms with E-state index in [4.69, 9.17) is 17.3 Å². The van der Waals surface area contributed by atoms with Crippen molar-refractivity contribution in [1.29, 1.82) is 0 Å². The van der Waals surface area contributed by atoms with Gasteiger partial charge in [0.2, 0.25) is 0 Å². The molecule has 1 aromatic carbocycles. The average molecular weight is 299 g/mol. The number of allylic oxidation sites excluding steroid dienone is 3. The summed E-state index contributed by atoms with van der Waals surface area (Å²) in [4.78, 5) is 0.836. The van der Waals surface area contributed by atoms with Gasteiger partial charge in [0.15, 0.2) is 0 Å². The highest BCUT2D eigenvalue weighted by Gasteiger charge is 2.26. The van der Waals surface area contributed by atoms with Crippen molar-refractivity contribution in [3.05, 3.63) is 53.1 Å². The van der Waals surface area contributed by atoms with E-state index >= 15 is 0 Å². The second kappa shape index (κ2) is 6.54. The molecule has 21 heavy (non-hydrogen) atoms. The third-order valence-corrected chi connectivity index (χ3v) is 4.65. The molecule has 1 aromatic rings. The van der Waals surface area contributed by atoms with Crippen molar-refractivity contribution in [2.75, 3.05) is 13.2 Å². The summed E-state index contributed by atoms with van der Waals surface area (Å²) in [7, 11) is 0. The van der Waals surface area contributed by atoms with Gasteiger partial charge in [0.1, 0.15) is 0 Å². The van der Waals surface area contributed by atoms with Crippen LogP contribution in [0.15, 0.2) is 42.0 Å². The number of aliphatic hydroxyl groups is 1. The van der Waals surface area contributed by atoms with Gasteiger partial charge in [0.25, 0.3) is 0 Å². The number of hydrogen-bond acceptors (Lipinski definition) is 2. The van der Waals surface area contributed by atoms with Crippen LogP contribution in [-0.4, -0.2) is 23.2 Å². The second-order valence-corrected chi connectivity index (χ2v) is 6.29. The van der Waals surface area contributed by atoms with Crippen molar-refractivity contribution in [1.82, 2.24) is 5.32 Å². The fourth-order valence-corrected chi connectivity index (χ4v) is 3.64. The number of fused-ring (bicyclic) bond motifs is 3. The highest BCUT2D eigenvalue weighted by molar-refractivity contribution is 7.80. The summed E-state index contributed by atoms with van der Waals surface area (Å²) in [6, 6.07) is 8.77. The Morgan fingerprint density at radius 3 is 3.00 bits per heavy atom. The van der Waals surface area contributed by atoms with E-state index in [-0.39, 0.29) is 6.61 Å². The predicted octanol–water partition coefficient (Wildman–Crippen LogP) is 3.26. The smallest absolute Gasteiger partial charge is 0.0795 e. The molecule has 1 unspecified atom stereocenters. The Bertz CT molecular complexity index is 603. The molecule has 3 rings (SSSR count). The number of nitrogens with one attached hydrogen (secondary N) is 1. The molecule has 0 radical (unpaired) electrons. The predicted molar refractivity (Wildman–Crippen MR) is 91.2 cm³/mol. The fraction of sp³-hybridized carbons (Fsp3) is 0.389. The van der Waals surface area contributed by atoms with Crippen LogP contribution >= 0.6 is 12.2 Å². The number of aliphatic hydroxyl groups excluding tert-OH is 1. The molecule has 1 atom stereocenters. The Hall–Kier alpha value is -1.45. The first-order chi connectivity index (χ1) is 10.3. The molecular weight excluding hydrogens is 278 g/mol. The number of aryl methyl sites for hydroxylation is 1. The second-order valence-electron chi connectivity index (χ2n) is 5.79. The summed E-state index contributed by atoms with van der Waals surface area (Å²) in [5, 5.41) is 11.9. The molecular formula is C18H21NOS. The zero-order valence-electron chi connectivity index (χ0n) is 12.1. The summed E-state index contributed by atoms with van der Waals surface area (Å²) >= 11 is 5.33. The Morgan fingerprint density at radius 2 is 2.14 bits per heavy atom. The SMILES string of the molecule is OCCNC(=S)CC1=CC=C2c3ccccc3CCC2C1. The first-order valence-corrected chi connectivity index (χ1v) is 8.04. The molecule has 110 valence electrons. The molecule has 0 bridgehead atoms. The summed E-state index contributed by atoms with van der Waals surface area (Å²) < 4.78 is 0. The molecule has 0 saturated heterocycles. The maximum atomic E-state index is 8.82. The van der Waals surface area contributed by atoms with Gasteiger partial charge in [-0.2, -0.15) is 0 Å². The first kappa shape index (κ1) is 14.5. The van der Waals surface area contributed by atoms with Crippen LogP contribution in [0, 0.1) is 5.92 Å². The van der Waals surface area contributed by atoms with E-state index in [1.165, 1.54) is 35.1 Å². The molecule has 2 aliphatic rings. The fourth-order valence-electron chi connectivity index (χ4n) is 3.35. The summed E-state index contributed by atoms with van der Waals surface area (Å²) in [5.74, 6) is 0.639. The Labute approximate surface area is 131 Å². The first-order valence-electron chi connectivity index (χ1n) is 7.63. The van der Waals surface area contributed by atoms with Gasteiger partial charge >= 0.3 is 0 Å². The maximum Gasteiger partial charge on any atom is 0.0795 e. The van der Waals surface area contributed by atoms with Crippen molar-refractivity contribution < 1.29 is 5.11 Å². The Kier molecular flexibility index (Phi) is 4.51. The minimum Gasteiger partial charge on any atom is -0.395 e. The molecule has 2 nitrogen and oxygen atoms in total. The highest BCUT2D eigenvalue weighted by Crippen LogP contribution is 2.41. The molecule has 0 spiro atoms. The standard InChI is InChI=1S/C18H21NOS/c20-10-9-19-18(21)12-13-5-8-17-15(11-13)7-6-14-3-1-2-4-16(14)17/h1-5,8,15,20H,6-7,9-12H2,(H,19,21). The van der Waals surface area contributed by atoms with Crippen LogP contribution in [0.3, 0.4) is 0 Å². The lowest BCUT2D eigenvalue weighted by Gasteiger charge is -2.31. The van der Waals surface area contributed by atoms with E-state index < -0.39 is 0 Å². The molecule has 2 N–H and O–H groups in total. The largest absolute Gasteiger partial charge is 0.395 e. The Balaban J connectivity index is 1.74. The lowest BCUT2D eigenvalue weighted by molar-refractivity contribution is 0.300. The van der Waals surface area contributed by atoms with Gasteiger partial charge in [-0.1, -0.05) is 54.2 Å². The van der Waals surface area contributed by atoms with Crippen molar-refractivity contribution in [2.24, 2.45) is 5.92 Å². The van der Waals surface area contributed by atoms with Crippen molar-refractivity contribution in [3.63, 3.8) is 0 Å². The average Bonchev–Trinajstić information content (AvgIpc) is 2.52. The number of thiocarbonyl (C=S) groups is 1. The molecule has 0 heterocycles. The molecule has 0 aliphatic heterocycles. The quantitative estimate of drug-likeness (QED) is 0.837. The van der Waals surface area contributed by atoms with E-state index in [9.17, 15) is 0 Å². The van der Waals surface area contributed by atoms with Gasteiger partial charge in [0.05, 0.1) is 11.6 Å². The van der Waals surface area contributed by atoms with Crippen molar-refractivity contribution >= 4 is 22.8 Å². The topological polar surface area (TPSA) is 32.3 Å². The lowest BCUT2D eigenvalue weighted by Crippen LogP contribution is -2.25. The third kappa shape index (κ3) is 3.25. The van der Waals surface area contributed by atoms with Crippen LogP contribution in [0.5, 0.6) is 0 Å². The zero-order valence-corrected chi connectivity index (χ0v) is 13.0. The van der Waals surface area contributed by atoms with Gasteiger partial charge in [-0.15, -0.1) is 0 Å². The van der Waals surface area contributed by atoms with Gasteiger partial charge < -0.3 is 10.4 Å². The lowest BCUT2D eigenvalue weighted by atomic mass is 9.74. The van der Waals surface area contributed by atoms with Crippen LogP contribution in [0.25, 0.3) is 5.57 Å². The molecule has 3 heteroatoms. The molecule has 0 aromatic heterocycles. The van der Waals surface area contributed by atoms with E-state index in [2.05, 4.69) is 41.7 Å². The van der Waals surface area contributed by atoms with Gasteiger partial charge in [-0.05, 0) is 41.9 Å². The van der Waals surface area contributed by atoms with Crippen LogP contribution in [0.1, 0.15) is 30.4 Å². The van der Waals surface area contributed by atoms with Crippen LogP contribution in [0.2, 0.25) is 0 Å². The minimum atomic E-state index is 0.128. The highest BCUT2D eigenvalue weighted by atomic mass is 32.1. The number of hydrogen-bond donors (Lipinski definition) is 2. The molecule has 0 saturated carbocycles. The third-order valence-electron chi connectivity index (χ3n) is 4.36. The van der Waals surface area contributed by atoms with Crippen LogP contribution in [-0.2, 0) is 6.42 Å². The normalized spacial score (nSPS) is 20.0. The maximum absolute atomic E-state index is 8.82. The number of benzene rings is 1. The zero-order chi connectivity index (χ0) is 14.7. The molecule has 0 amide bonds. The van der Waals surface area contributed by atoms with Gasteiger partial charge in [-0.25, -0.2) is 0 Å².